The van der Waals surface area contributed by atoms with Crippen LogP contribution in [0.3, 0.4) is 0 Å². The molecule has 0 spiro atoms. The van der Waals surface area contributed by atoms with E-state index in [2.05, 4.69) is 34.5 Å². The molecule has 2 aromatic carbocycles. The van der Waals surface area contributed by atoms with Crippen LogP contribution in [0.1, 0.15) is 30.9 Å². The van der Waals surface area contributed by atoms with E-state index in [-0.39, 0.29) is 16.8 Å². The minimum Gasteiger partial charge on any atom is -0.342 e. The Balaban J connectivity index is 1.30. The van der Waals surface area contributed by atoms with Crippen LogP contribution >= 0.6 is 11.8 Å². The number of aromatic nitrogens is 3. The largest absolute Gasteiger partial charge is 0.343 e. The second kappa shape index (κ2) is 10.7. The fourth-order valence-electron chi connectivity index (χ4n) is 4.25. The standard InChI is InChI=1S/C25H30N4O2S/c1-19(23(30)28-15-12-22(13-16-28)18-21-10-6-3-7-11-21)32-25-27-26-24(31)29(25)17-14-20-8-4-2-5-9-20/h2-11,19,22H,12-18H2,1H3,(H,26,31). The van der Waals surface area contributed by atoms with Gasteiger partial charge in [-0.05, 0) is 49.7 Å². The number of thioether (sulfide) groups is 1. The van der Waals surface area contributed by atoms with Gasteiger partial charge in [-0.25, -0.2) is 9.89 Å². The summed E-state index contributed by atoms with van der Waals surface area (Å²) in [7, 11) is 0. The number of H-pyrrole nitrogens is 1. The Labute approximate surface area is 193 Å². The predicted molar refractivity (Wildman–Crippen MR) is 128 cm³/mol. The molecule has 1 aromatic heterocycles. The number of nitrogens with one attached hydrogen (secondary N) is 1. The van der Waals surface area contributed by atoms with Crippen molar-refractivity contribution in [3.63, 3.8) is 0 Å². The molecule has 1 unspecified atom stereocenters. The second-order valence-electron chi connectivity index (χ2n) is 8.42. The number of rotatable bonds is 8. The van der Waals surface area contributed by atoms with Crippen molar-refractivity contribution >= 4 is 17.7 Å². The van der Waals surface area contributed by atoms with Gasteiger partial charge in [0.2, 0.25) is 5.91 Å². The zero-order valence-corrected chi connectivity index (χ0v) is 19.3. The third-order valence-corrected chi connectivity index (χ3v) is 7.19. The minimum atomic E-state index is -0.286. The zero-order chi connectivity index (χ0) is 22.3. The molecule has 0 aliphatic carbocycles. The summed E-state index contributed by atoms with van der Waals surface area (Å²) in [6, 6.07) is 20.6. The number of benzene rings is 2. The van der Waals surface area contributed by atoms with Crippen LogP contribution in [0.2, 0.25) is 0 Å². The van der Waals surface area contributed by atoms with Gasteiger partial charge in [0, 0.05) is 19.6 Å². The molecular formula is C25H30N4O2S. The van der Waals surface area contributed by atoms with Gasteiger partial charge in [-0.15, -0.1) is 5.10 Å². The molecule has 1 amide bonds. The lowest BCUT2D eigenvalue weighted by Crippen LogP contribution is -2.42. The maximum atomic E-state index is 13.0. The molecule has 7 heteroatoms. The number of hydrogen-bond acceptors (Lipinski definition) is 4. The van der Waals surface area contributed by atoms with E-state index >= 15 is 0 Å². The van der Waals surface area contributed by atoms with Gasteiger partial charge in [0.1, 0.15) is 0 Å². The molecule has 32 heavy (non-hydrogen) atoms. The quantitative estimate of drug-likeness (QED) is 0.530. The lowest BCUT2D eigenvalue weighted by atomic mass is 9.90. The molecule has 1 atom stereocenters. The average Bonchev–Trinajstić information content (AvgIpc) is 3.18. The van der Waals surface area contributed by atoms with Gasteiger partial charge in [-0.3, -0.25) is 9.36 Å². The normalized spacial score (nSPS) is 15.6. The van der Waals surface area contributed by atoms with Crippen molar-refractivity contribution in [2.45, 2.75) is 49.6 Å². The van der Waals surface area contributed by atoms with Crippen LogP contribution in [-0.2, 0) is 24.2 Å². The summed E-state index contributed by atoms with van der Waals surface area (Å²) in [5.41, 5.74) is 2.30. The van der Waals surface area contributed by atoms with E-state index in [0.717, 1.165) is 38.8 Å². The second-order valence-corrected chi connectivity index (χ2v) is 9.72. The van der Waals surface area contributed by atoms with Gasteiger partial charge in [0.25, 0.3) is 0 Å². The Kier molecular flexibility index (Phi) is 7.47. The van der Waals surface area contributed by atoms with Crippen molar-refractivity contribution in [2.24, 2.45) is 5.92 Å². The van der Waals surface area contributed by atoms with Gasteiger partial charge in [-0.1, -0.05) is 72.4 Å². The van der Waals surface area contributed by atoms with Crippen molar-refractivity contribution in [2.75, 3.05) is 13.1 Å². The van der Waals surface area contributed by atoms with Crippen LogP contribution in [-0.4, -0.2) is 43.9 Å². The lowest BCUT2D eigenvalue weighted by Gasteiger charge is -2.33. The zero-order valence-electron chi connectivity index (χ0n) is 18.4. The van der Waals surface area contributed by atoms with Crippen molar-refractivity contribution < 1.29 is 4.79 Å². The van der Waals surface area contributed by atoms with Crippen molar-refractivity contribution in [1.29, 1.82) is 0 Å². The van der Waals surface area contributed by atoms with Crippen LogP contribution in [0.25, 0.3) is 0 Å². The Hall–Kier alpha value is -2.80. The Morgan fingerprint density at radius 2 is 1.69 bits per heavy atom. The van der Waals surface area contributed by atoms with Gasteiger partial charge < -0.3 is 4.90 Å². The molecule has 0 saturated carbocycles. The van der Waals surface area contributed by atoms with Crippen LogP contribution in [0.5, 0.6) is 0 Å². The average molecular weight is 451 g/mol. The van der Waals surface area contributed by atoms with E-state index < -0.39 is 0 Å². The minimum absolute atomic E-state index is 0.123. The number of likely N-dealkylation sites (tertiary alicyclic amines) is 1. The smallest absolute Gasteiger partial charge is 0.342 e. The summed E-state index contributed by atoms with van der Waals surface area (Å²) in [6.07, 6.45) is 3.88. The maximum absolute atomic E-state index is 13.0. The van der Waals surface area contributed by atoms with Gasteiger partial charge in [0.15, 0.2) is 5.16 Å². The molecule has 0 bridgehead atoms. The molecule has 3 aromatic rings. The molecule has 0 radical (unpaired) electrons. The summed E-state index contributed by atoms with van der Waals surface area (Å²) in [5.74, 6) is 0.747. The van der Waals surface area contributed by atoms with E-state index in [0.29, 0.717) is 17.6 Å². The van der Waals surface area contributed by atoms with E-state index in [1.807, 2.05) is 48.2 Å². The highest BCUT2D eigenvalue weighted by atomic mass is 32.2. The molecule has 1 fully saturated rings. The molecule has 1 aliphatic heterocycles. The highest BCUT2D eigenvalue weighted by Crippen LogP contribution is 2.26. The summed E-state index contributed by atoms with van der Waals surface area (Å²) >= 11 is 1.36. The van der Waals surface area contributed by atoms with Gasteiger partial charge in [-0.2, -0.15) is 0 Å². The SMILES string of the molecule is CC(Sc1n[nH]c(=O)n1CCc1ccccc1)C(=O)N1CCC(Cc2ccccc2)CC1. The van der Waals surface area contributed by atoms with Gasteiger partial charge >= 0.3 is 5.69 Å². The number of piperidine rings is 1. The lowest BCUT2D eigenvalue weighted by molar-refractivity contribution is -0.131. The van der Waals surface area contributed by atoms with E-state index in [1.54, 1.807) is 4.57 Å². The third kappa shape index (κ3) is 5.71. The first kappa shape index (κ1) is 22.4. The first-order valence-corrected chi connectivity index (χ1v) is 12.2. The Morgan fingerprint density at radius 3 is 2.34 bits per heavy atom. The number of nitrogens with zero attached hydrogens (tertiary/aromatic N) is 3. The van der Waals surface area contributed by atoms with Crippen LogP contribution in [0.4, 0.5) is 0 Å². The Bertz CT molecular complexity index is 1060. The molecule has 4 rings (SSSR count). The summed E-state index contributed by atoms with van der Waals surface area (Å²) < 4.78 is 1.63. The molecule has 1 saturated heterocycles. The molecule has 2 heterocycles. The molecular weight excluding hydrogens is 420 g/mol. The summed E-state index contributed by atoms with van der Waals surface area (Å²) in [4.78, 5) is 27.3. The number of carbonyl (C=O) groups excluding carboxylic acids is 1. The highest BCUT2D eigenvalue weighted by molar-refractivity contribution is 8.00. The summed E-state index contributed by atoms with van der Waals surface area (Å²) in [5, 5.41) is 7.00. The summed E-state index contributed by atoms with van der Waals surface area (Å²) in [6.45, 7) is 4.03. The first-order valence-electron chi connectivity index (χ1n) is 11.3. The fourth-order valence-corrected chi connectivity index (χ4v) is 5.21. The van der Waals surface area contributed by atoms with Crippen molar-refractivity contribution in [1.82, 2.24) is 19.7 Å². The monoisotopic (exact) mass is 450 g/mol. The van der Waals surface area contributed by atoms with E-state index in [1.165, 1.54) is 22.9 Å². The van der Waals surface area contributed by atoms with Crippen molar-refractivity contribution in [3.8, 4) is 0 Å². The number of carbonyl (C=O) groups is 1. The number of aromatic amines is 1. The van der Waals surface area contributed by atoms with E-state index in [9.17, 15) is 9.59 Å². The predicted octanol–water partition coefficient (Wildman–Crippen LogP) is 3.78. The maximum Gasteiger partial charge on any atom is 0.343 e. The topological polar surface area (TPSA) is 71.0 Å². The first-order chi connectivity index (χ1) is 15.6. The molecule has 168 valence electrons. The molecule has 1 aliphatic rings. The van der Waals surface area contributed by atoms with Crippen molar-refractivity contribution in [3.05, 3.63) is 82.3 Å². The van der Waals surface area contributed by atoms with Crippen LogP contribution in [0, 0.1) is 5.92 Å². The van der Waals surface area contributed by atoms with Gasteiger partial charge in [0.05, 0.1) is 5.25 Å². The highest BCUT2D eigenvalue weighted by Gasteiger charge is 2.28. The third-order valence-electron chi connectivity index (χ3n) is 6.11. The fraction of sp³-hybridized carbons (Fsp3) is 0.400. The Morgan fingerprint density at radius 1 is 1.06 bits per heavy atom. The van der Waals surface area contributed by atoms with Crippen LogP contribution in [0.15, 0.2) is 70.6 Å². The number of aryl methyl sites for hydroxylation is 1. The molecule has 1 N–H and O–H groups in total. The number of hydrogen-bond donors (Lipinski definition) is 1. The molecule has 6 nitrogen and oxygen atoms in total. The van der Waals surface area contributed by atoms with E-state index in [4.69, 9.17) is 0 Å². The number of amides is 1. The van der Waals surface area contributed by atoms with Crippen LogP contribution < -0.4 is 5.69 Å².